The van der Waals surface area contributed by atoms with E-state index in [-0.39, 0.29) is 91.5 Å². The second-order valence-electron chi connectivity index (χ2n) is 22.8. The van der Waals surface area contributed by atoms with Crippen molar-refractivity contribution >= 4 is 52.7 Å². The zero-order valence-corrected chi connectivity index (χ0v) is 45.3. The van der Waals surface area contributed by atoms with Crippen molar-refractivity contribution < 1.29 is 47.1 Å². The van der Waals surface area contributed by atoms with Gasteiger partial charge < -0.3 is 26.2 Å². The minimum absolute atomic E-state index is 0.00159. The molecule has 0 aromatic heterocycles. The van der Waals surface area contributed by atoms with Crippen LogP contribution in [0.5, 0.6) is 0 Å². The van der Waals surface area contributed by atoms with Crippen molar-refractivity contribution in [2.75, 3.05) is 19.6 Å². The molecule has 3 saturated heterocycles. The SMILES string of the molecule is C/C(=C\C(=O)N[C@H]1Cc2ccccc2[C@H]2CC[C@@H](C(=O)N[C@@H](CCC(N)=O)C(=O)C[C@H](C(=O)N3CCC(CCC#Cc4cccc5c4CN(C4CCC(=O)NC4=O)C5=O)CC3)C3CCCCC3)N2C1)c1ccc(C(C)(F)F)cc1. The fourth-order valence-electron chi connectivity index (χ4n) is 13.0. The van der Waals surface area contributed by atoms with Crippen LogP contribution in [0.4, 0.5) is 8.78 Å². The molecule has 4 fully saturated rings. The number of imide groups is 1. The van der Waals surface area contributed by atoms with Crippen LogP contribution in [0.3, 0.4) is 0 Å². The van der Waals surface area contributed by atoms with Gasteiger partial charge in [-0.1, -0.05) is 85.7 Å². The fourth-order valence-corrected chi connectivity index (χ4v) is 13.0. The van der Waals surface area contributed by atoms with E-state index in [4.69, 9.17) is 5.73 Å². The number of primary amides is 1. The largest absolute Gasteiger partial charge is 0.370 e. The molecule has 17 heteroatoms. The molecule has 0 radical (unpaired) electrons. The minimum Gasteiger partial charge on any atom is -0.370 e. The molecule has 5 aliphatic heterocycles. The van der Waals surface area contributed by atoms with Crippen molar-refractivity contribution in [3.05, 3.63) is 112 Å². The summed E-state index contributed by atoms with van der Waals surface area (Å²) < 4.78 is 27.8. The van der Waals surface area contributed by atoms with Crippen molar-refractivity contribution in [2.24, 2.45) is 23.5 Å². The quantitative estimate of drug-likeness (QED) is 0.0612. The second kappa shape index (κ2) is 24.9. The maximum absolute atomic E-state index is 14.7. The summed E-state index contributed by atoms with van der Waals surface area (Å²) in [5.41, 5.74) is 10.9. The third-order valence-corrected chi connectivity index (χ3v) is 17.4. The molecule has 1 unspecified atom stereocenters. The number of likely N-dealkylation sites (tertiary alicyclic amines) is 1. The van der Waals surface area contributed by atoms with E-state index >= 15 is 0 Å². The number of carbonyl (C=O) groups is 8. The lowest BCUT2D eigenvalue weighted by Crippen LogP contribution is -2.53. The number of Topliss-reactive ketones (excluding diaryl/α,β-unsaturated/α-hetero) is 1. The van der Waals surface area contributed by atoms with Crippen LogP contribution in [0, 0.1) is 29.6 Å². The lowest BCUT2D eigenvalue weighted by molar-refractivity contribution is -0.142. The molecular formula is C62H73F2N7O8. The zero-order valence-electron chi connectivity index (χ0n) is 45.3. The van der Waals surface area contributed by atoms with Gasteiger partial charge in [0, 0.05) is 99.6 Å². The highest BCUT2D eigenvalue weighted by molar-refractivity contribution is 6.05. The number of rotatable bonds is 17. The van der Waals surface area contributed by atoms with Gasteiger partial charge in [-0.25, -0.2) is 8.78 Å². The first-order valence-corrected chi connectivity index (χ1v) is 28.4. The number of nitrogens with two attached hydrogens (primary N) is 1. The van der Waals surface area contributed by atoms with E-state index in [0.29, 0.717) is 67.9 Å². The summed E-state index contributed by atoms with van der Waals surface area (Å²) in [6.07, 6.45) is 11.1. The molecule has 7 amide bonds. The average molecular weight is 1080 g/mol. The number of piperidine rings is 2. The Balaban J connectivity index is 0.823. The molecule has 15 nitrogen and oxygen atoms in total. The van der Waals surface area contributed by atoms with E-state index in [1.54, 1.807) is 31.2 Å². The Labute approximate surface area is 461 Å². The van der Waals surface area contributed by atoms with Gasteiger partial charge in [0.15, 0.2) is 5.78 Å². The first-order valence-electron chi connectivity index (χ1n) is 28.4. The number of halogens is 2. The van der Waals surface area contributed by atoms with E-state index in [1.807, 2.05) is 29.2 Å². The Morgan fingerprint density at radius 2 is 1.63 bits per heavy atom. The van der Waals surface area contributed by atoms with E-state index in [9.17, 15) is 47.1 Å². The van der Waals surface area contributed by atoms with Crippen molar-refractivity contribution in [3.8, 4) is 11.8 Å². The average Bonchev–Trinajstić information content (AvgIpc) is 4.09. The summed E-state index contributed by atoms with van der Waals surface area (Å²) in [5, 5.41) is 8.54. The maximum Gasteiger partial charge on any atom is 0.270 e. The van der Waals surface area contributed by atoms with E-state index in [1.165, 1.54) is 23.1 Å². The van der Waals surface area contributed by atoms with Gasteiger partial charge in [0.05, 0.1) is 12.1 Å². The van der Waals surface area contributed by atoms with Crippen LogP contribution in [0.15, 0.2) is 72.8 Å². The molecule has 5 heterocycles. The predicted octanol–water partition coefficient (Wildman–Crippen LogP) is 7.19. The lowest BCUT2D eigenvalue weighted by Gasteiger charge is -2.37. The van der Waals surface area contributed by atoms with Gasteiger partial charge in [-0.15, -0.1) is 0 Å². The molecule has 3 aromatic rings. The van der Waals surface area contributed by atoms with Gasteiger partial charge in [-0.05, 0) is 123 Å². The predicted molar refractivity (Wildman–Crippen MR) is 292 cm³/mol. The highest BCUT2D eigenvalue weighted by Crippen LogP contribution is 2.41. The van der Waals surface area contributed by atoms with Crippen molar-refractivity contribution in [1.82, 2.24) is 30.7 Å². The summed E-state index contributed by atoms with van der Waals surface area (Å²) in [6.45, 7) is 4.28. The lowest BCUT2D eigenvalue weighted by atomic mass is 9.76. The van der Waals surface area contributed by atoms with Crippen LogP contribution in [0.1, 0.15) is 166 Å². The van der Waals surface area contributed by atoms with Crippen LogP contribution >= 0.6 is 0 Å². The number of allylic oxidation sites excluding steroid dienone is 1. The summed E-state index contributed by atoms with van der Waals surface area (Å²) >= 11 is 0. The van der Waals surface area contributed by atoms with Crippen LogP contribution < -0.4 is 21.7 Å². The molecule has 3 aromatic carbocycles. The molecule has 79 heavy (non-hydrogen) atoms. The second-order valence-corrected chi connectivity index (χ2v) is 22.8. The number of alkyl halides is 2. The third kappa shape index (κ3) is 13.5. The summed E-state index contributed by atoms with van der Waals surface area (Å²) in [6, 6.07) is 16.3. The molecule has 5 N–H and O–H groups in total. The number of nitrogens with one attached hydrogen (secondary N) is 3. The molecule has 9 rings (SSSR count). The number of benzene rings is 3. The number of ketones is 1. The number of amides is 7. The van der Waals surface area contributed by atoms with Gasteiger partial charge in [-0.2, -0.15) is 0 Å². The fraction of sp³-hybridized carbons (Fsp3) is 0.516. The Morgan fingerprint density at radius 3 is 2.35 bits per heavy atom. The Kier molecular flexibility index (Phi) is 17.9. The van der Waals surface area contributed by atoms with Crippen LogP contribution in [-0.4, -0.2) is 106 Å². The number of hydrogen-bond acceptors (Lipinski definition) is 9. The van der Waals surface area contributed by atoms with E-state index < -0.39 is 47.8 Å². The molecule has 6 aliphatic rings. The monoisotopic (exact) mass is 1080 g/mol. The molecular weight excluding hydrogens is 1010 g/mol. The first-order chi connectivity index (χ1) is 37.9. The molecule has 0 bridgehead atoms. The summed E-state index contributed by atoms with van der Waals surface area (Å²) in [4.78, 5) is 113. The first kappa shape index (κ1) is 56.7. The number of hydrogen-bond donors (Lipinski definition) is 4. The third-order valence-electron chi connectivity index (χ3n) is 17.4. The van der Waals surface area contributed by atoms with Gasteiger partial charge in [0.2, 0.25) is 35.4 Å². The van der Waals surface area contributed by atoms with Crippen LogP contribution in [-0.2, 0) is 52.4 Å². The van der Waals surface area contributed by atoms with Crippen LogP contribution in [0.25, 0.3) is 5.57 Å². The smallest absolute Gasteiger partial charge is 0.270 e. The Hall–Kier alpha value is -7.06. The highest BCUT2D eigenvalue weighted by Gasteiger charge is 2.45. The minimum atomic E-state index is -2.99. The molecule has 1 aliphatic carbocycles. The maximum atomic E-state index is 14.7. The zero-order chi connectivity index (χ0) is 56.0. The molecule has 1 saturated carbocycles. The number of nitrogens with zero attached hydrogens (tertiary/aromatic N) is 3. The van der Waals surface area contributed by atoms with Crippen LogP contribution in [0.2, 0.25) is 0 Å². The van der Waals surface area contributed by atoms with E-state index in [0.717, 1.165) is 80.5 Å². The standard InChI is InChI=1S/C62H73F2N7O8/c1-38(40-19-21-44(22-20-40)62(2,63)64)33-57(75)66-45-34-43-15-8-9-17-46(43)51-24-25-52(70(51)36-45)58(76)67-50(23-27-55(65)73)54(72)35-48(41-12-4-3-5-13-41)60(78)69-31-29-39(30-32-69)11-6-7-14-42-16-10-18-47-49(42)37-71(61(47)79)53-26-28-56(74)68-59(53)77/h8-10,15-22,33,39,41,45,48,50-53H,3-6,11-13,23-32,34-37H2,1-2H3,(H2,65,73)(H,66,75)(H,67,76)(H,68,74,77)/b38-33+/t45-,48-,50-,51+,52-,53?/m0/s1. The molecule has 0 spiro atoms. The van der Waals surface area contributed by atoms with Gasteiger partial charge >= 0.3 is 0 Å². The Bertz CT molecular complexity index is 2930. The Morgan fingerprint density at radius 1 is 0.886 bits per heavy atom. The van der Waals surface area contributed by atoms with Gasteiger partial charge in [0.1, 0.15) is 6.04 Å². The van der Waals surface area contributed by atoms with Gasteiger partial charge in [0.25, 0.3) is 11.8 Å². The summed E-state index contributed by atoms with van der Waals surface area (Å²) in [7, 11) is 0. The van der Waals surface area contributed by atoms with Crippen molar-refractivity contribution in [2.45, 2.75) is 166 Å². The van der Waals surface area contributed by atoms with Crippen molar-refractivity contribution in [1.29, 1.82) is 0 Å². The number of carbonyl (C=O) groups excluding carboxylic acids is 8. The summed E-state index contributed by atoms with van der Waals surface area (Å²) in [5.74, 6) is 0.656. The van der Waals surface area contributed by atoms with Crippen molar-refractivity contribution in [3.63, 3.8) is 0 Å². The molecule has 418 valence electrons. The molecule has 6 atom stereocenters. The topological polar surface area (TPSA) is 208 Å². The van der Waals surface area contributed by atoms with Gasteiger partial charge in [-0.3, -0.25) is 48.6 Å². The number of fused-ring (bicyclic) bond motifs is 4. The van der Waals surface area contributed by atoms with E-state index in [2.05, 4.69) is 38.8 Å². The normalized spacial score (nSPS) is 22.8. The highest BCUT2D eigenvalue weighted by atomic mass is 19.3.